The van der Waals surface area contributed by atoms with Crippen LogP contribution in [0.5, 0.6) is 0 Å². The number of nitrogens with one attached hydrogen (secondary N) is 1. The highest BCUT2D eigenvalue weighted by atomic mass is 15.0. The first kappa shape index (κ1) is 8.79. The van der Waals surface area contributed by atoms with Gasteiger partial charge in [-0.1, -0.05) is 31.9 Å². The molecule has 0 fully saturated rings. The predicted molar refractivity (Wildman–Crippen MR) is 49.7 cm³/mol. The Labute approximate surface area is 69.9 Å². The molecule has 0 saturated heterocycles. The Balaban J connectivity index is 2.37. The maximum atomic E-state index is 3.54. The van der Waals surface area contributed by atoms with E-state index in [9.17, 15) is 0 Å². The summed E-state index contributed by atoms with van der Waals surface area (Å²) >= 11 is 0. The number of hydrogen-bond donors (Lipinski definition) is 1. The van der Waals surface area contributed by atoms with E-state index in [0.29, 0.717) is 5.54 Å². The van der Waals surface area contributed by atoms with Gasteiger partial charge in [-0.25, -0.2) is 0 Å². The third-order valence-corrected chi connectivity index (χ3v) is 2.38. The van der Waals surface area contributed by atoms with Gasteiger partial charge in [-0.15, -0.1) is 0 Å². The number of unbranched alkanes of at least 4 members (excludes halogenated alkanes) is 1. The van der Waals surface area contributed by atoms with Crippen molar-refractivity contribution in [3.05, 3.63) is 12.2 Å². The van der Waals surface area contributed by atoms with Gasteiger partial charge in [-0.05, 0) is 26.3 Å². The lowest BCUT2D eigenvalue weighted by molar-refractivity contribution is 0.385. The van der Waals surface area contributed by atoms with E-state index >= 15 is 0 Å². The van der Waals surface area contributed by atoms with Gasteiger partial charge >= 0.3 is 0 Å². The lowest BCUT2D eigenvalue weighted by atomic mass is 9.92. The second kappa shape index (κ2) is 3.91. The lowest BCUT2D eigenvalue weighted by Gasteiger charge is -2.30. The molecular weight excluding hydrogens is 134 g/mol. The van der Waals surface area contributed by atoms with Gasteiger partial charge in [-0.2, -0.15) is 0 Å². The summed E-state index contributed by atoms with van der Waals surface area (Å²) < 4.78 is 0. The quantitative estimate of drug-likeness (QED) is 0.614. The highest BCUT2D eigenvalue weighted by molar-refractivity contribution is 5.07. The summed E-state index contributed by atoms with van der Waals surface area (Å²) in [5, 5.41) is 3.54. The zero-order valence-electron chi connectivity index (χ0n) is 7.69. The maximum absolute atomic E-state index is 3.54. The Hall–Kier alpha value is -0.300. The van der Waals surface area contributed by atoms with E-state index in [-0.39, 0.29) is 0 Å². The van der Waals surface area contributed by atoms with Crippen molar-refractivity contribution in [2.75, 3.05) is 6.54 Å². The van der Waals surface area contributed by atoms with Crippen molar-refractivity contribution in [2.45, 2.75) is 45.1 Å². The van der Waals surface area contributed by atoms with Crippen molar-refractivity contribution in [1.29, 1.82) is 0 Å². The normalized spacial score (nSPS) is 30.7. The average molecular weight is 153 g/mol. The van der Waals surface area contributed by atoms with Crippen molar-refractivity contribution in [1.82, 2.24) is 5.32 Å². The monoisotopic (exact) mass is 153 g/mol. The first-order chi connectivity index (χ1) is 5.27. The third kappa shape index (κ3) is 2.66. The predicted octanol–water partition coefficient (Wildman–Crippen LogP) is 2.48. The molecule has 1 heteroatoms. The van der Waals surface area contributed by atoms with Crippen LogP contribution >= 0.6 is 0 Å². The molecule has 1 heterocycles. The Morgan fingerprint density at radius 1 is 1.55 bits per heavy atom. The van der Waals surface area contributed by atoms with Gasteiger partial charge < -0.3 is 5.32 Å². The summed E-state index contributed by atoms with van der Waals surface area (Å²) in [5.74, 6) is 0. The summed E-state index contributed by atoms with van der Waals surface area (Å²) in [4.78, 5) is 0. The van der Waals surface area contributed by atoms with Crippen LogP contribution < -0.4 is 5.32 Å². The Bertz CT molecular complexity index is 140. The molecule has 1 N–H and O–H groups in total. The summed E-state index contributed by atoms with van der Waals surface area (Å²) in [7, 11) is 0. The molecule has 0 aromatic heterocycles. The minimum atomic E-state index is 0.300. The molecule has 1 aliphatic heterocycles. The van der Waals surface area contributed by atoms with E-state index in [2.05, 4.69) is 31.3 Å². The van der Waals surface area contributed by atoms with Crippen molar-refractivity contribution in [3.63, 3.8) is 0 Å². The smallest absolute Gasteiger partial charge is 0.0335 e. The van der Waals surface area contributed by atoms with Crippen LogP contribution in [-0.4, -0.2) is 12.1 Å². The molecule has 0 radical (unpaired) electrons. The zero-order chi connectivity index (χ0) is 8.16. The Morgan fingerprint density at radius 2 is 2.36 bits per heavy atom. The molecule has 1 atom stereocenters. The van der Waals surface area contributed by atoms with Crippen molar-refractivity contribution < 1.29 is 0 Å². The Kier molecular flexibility index (Phi) is 3.13. The van der Waals surface area contributed by atoms with Gasteiger partial charge in [0.05, 0.1) is 0 Å². The molecule has 1 aliphatic rings. The van der Waals surface area contributed by atoms with Gasteiger partial charge in [0.25, 0.3) is 0 Å². The van der Waals surface area contributed by atoms with E-state index in [1.54, 1.807) is 0 Å². The molecule has 1 unspecified atom stereocenters. The summed E-state index contributed by atoms with van der Waals surface area (Å²) in [6, 6.07) is 0. The van der Waals surface area contributed by atoms with Crippen molar-refractivity contribution in [2.24, 2.45) is 0 Å². The average Bonchev–Trinajstić information content (AvgIpc) is 2.03. The van der Waals surface area contributed by atoms with E-state index in [0.717, 1.165) is 6.54 Å². The van der Waals surface area contributed by atoms with Gasteiger partial charge in [-0.3, -0.25) is 0 Å². The van der Waals surface area contributed by atoms with Crippen molar-refractivity contribution in [3.8, 4) is 0 Å². The van der Waals surface area contributed by atoms with E-state index in [1.165, 1.54) is 25.7 Å². The third-order valence-electron chi connectivity index (χ3n) is 2.38. The highest BCUT2D eigenvalue weighted by Gasteiger charge is 2.20. The molecular formula is C10H19N. The topological polar surface area (TPSA) is 12.0 Å². The molecule has 0 aromatic rings. The number of rotatable bonds is 3. The molecule has 0 amide bonds. The van der Waals surface area contributed by atoms with Crippen LogP contribution in [0.4, 0.5) is 0 Å². The van der Waals surface area contributed by atoms with E-state index in [1.807, 2.05) is 0 Å². The maximum Gasteiger partial charge on any atom is 0.0335 e. The van der Waals surface area contributed by atoms with Gasteiger partial charge in [0.2, 0.25) is 0 Å². The molecule has 1 rings (SSSR count). The summed E-state index contributed by atoms with van der Waals surface area (Å²) in [6.45, 7) is 5.69. The van der Waals surface area contributed by atoms with Gasteiger partial charge in [0.1, 0.15) is 0 Å². The molecule has 11 heavy (non-hydrogen) atoms. The standard InChI is InChI=1S/C10H19N/c1-3-4-7-10(2)8-5-6-9-11-10/h5,8,11H,3-4,6-7,9H2,1-2H3. The fourth-order valence-corrected chi connectivity index (χ4v) is 1.56. The van der Waals surface area contributed by atoms with Gasteiger partial charge in [0, 0.05) is 5.54 Å². The van der Waals surface area contributed by atoms with Crippen LogP contribution in [0, 0.1) is 0 Å². The fraction of sp³-hybridized carbons (Fsp3) is 0.800. The largest absolute Gasteiger partial charge is 0.308 e. The molecule has 0 aliphatic carbocycles. The van der Waals surface area contributed by atoms with E-state index < -0.39 is 0 Å². The molecule has 0 spiro atoms. The minimum absolute atomic E-state index is 0.300. The van der Waals surface area contributed by atoms with Crippen LogP contribution in [0.2, 0.25) is 0 Å². The summed E-state index contributed by atoms with van der Waals surface area (Å²) in [5.41, 5.74) is 0.300. The fourth-order valence-electron chi connectivity index (χ4n) is 1.56. The van der Waals surface area contributed by atoms with Crippen LogP contribution in [0.1, 0.15) is 39.5 Å². The van der Waals surface area contributed by atoms with Gasteiger partial charge in [0.15, 0.2) is 0 Å². The van der Waals surface area contributed by atoms with Crippen molar-refractivity contribution >= 4 is 0 Å². The molecule has 0 saturated carbocycles. The second-order valence-electron chi connectivity index (χ2n) is 3.64. The van der Waals surface area contributed by atoms with Crippen LogP contribution in [0.3, 0.4) is 0 Å². The highest BCUT2D eigenvalue weighted by Crippen LogP contribution is 2.18. The molecule has 0 aromatic carbocycles. The molecule has 64 valence electrons. The Morgan fingerprint density at radius 3 is 2.91 bits per heavy atom. The number of hydrogen-bond acceptors (Lipinski definition) is 1. The summed E-state index contributed by atoms with van der Waals surface area (Å²) in [6.07, 6.45) is 9.72. The molecule has 1 nitrogen and oxygen atoms in total. The minimum Gasteiger partial charge on any atom is -0.308 e. The zero-order valence-corrected chi connectivity index (χ0v) is 7.69. The van der Waals surface area contributed by atoms with Crippen LogP contribution in [0.15, 0.2) is 12.2 Å². The van der Waals surface area contributed by atoms with Crippen LogP contribution in [0.25, 0.3) is 0 Å². The second-order valence-corrected chi connectivity index (χ2v) is 3.64. The SMILES string of the molecule is CCCCC1(C)C=CCCN1. The van der Waals surface area contributed by atoms with E-state index in [4.69, 9.17) is 0 Å². The van der Waals surface area contributed by atoms with Crippen LogP contribution in [-0.2, 0) is 0 Å². The first-order valence-corrected chi connectivity index (χ1v) is 4.69. The first-order valence-electron chi connectivity index (χ1n) is 4.69. The lowest BCUT2D eigenvalue weighted by Crippen LogP contribution is -2.42. The molecule has 0 bridgehead atoms.